The summed E-state index contributed by atoms with van der Waals surface area (Å²) in [6, 6.07) is 8.84. The molecule has 0 aliphatic carbocycles. The van der Waals surface area contributed by atoms with Crippen molar-refractivity contribution in [2.24, 2.45) is 0 Å². The minimum absolute atomic E-state index is 0.279. The first-order valence-electron chi connectivity index (χ1n) is 9.48. The summed E-state index contributed by atoms with van der Waals surface area (Å²) < 4.78 is 0. The smallest absolute Gasteiger partial charge is 0.237 e. The lowest BCUT2D eigenvalue weighted by Crippen LogP contribution is -2.50. The zero-order valence-electron chi connectivity index (χ0n) is 15.7. The van der Waals surface area contributed by atoms with Crippen LogP contribution in [0.3, 0.4) is 0 Å². The molecule has 26 heavy (non-hydrogen) atoms. The summed E-state index contributed by atoms with van der Waals surface area (Å²) in [6.07, 6.45) is 1.01. The van der Waals surface area contributed by atoms with Crippen molar-refractivity contribution >= 4 is 22.9 Å². The molecule has 2 aliphatic rings. The zero-order valence-corrected chi connectivity index (χ0v) is 16.5. The Hall–Kier alpha value is -1.85. The average molecular weight is 370 g/mol. The van der Waals surface area contributed by atoms with E-state index in [-0.39, 0.29) is 5.91 Å². The van der Waals surface area contributed by atoms with Gasteiger partial charge >= 0.3 is 0 Å². The van der Waals surface area contributed by atoms with Gasteiger partial charge in [0.15, 0.2) is 0 Å². The second kappa shape index (κ2) is 7.41. The van der Waals surface area contributed by atoms with Gasteiger partial charge in [0.05, 0.1) is 6.54 Å². The van der Waals surface area contributed by atoms with E-state index in [2.05, 4.69) is 53.3 Å². The quantitative estimate of drug-likeness (QED) is 0.832. The maximum atomic E-state index is 12.7. The Bertz CT molecular complexity index is 792. The average Bonchev–Trinajstić information content (AvgIpc) is 3.10. The Labute approximate surface area is 160 Å². The minimum atomic E-state index is 0.279. The van der Waals surface area contributed by atoms with Crippen LogP contribution in [0.25, 0.3) is 0 Å². The molecule has 4 nitrogen and oxygen atoms in total. The van der Waals surface area contributed by atoms with Gasteiger partial charge in [-0.05, 0) is 48.9 Å². The second-order valence-corrected chi connectivity index (χ2v) is 8.49. The van der Waals surface area contributed by atoms with Crippen molar-refractivity contribution in [1.82, 2.24) is 9.80 Å². The first kappa shape index (κ1) is 17.6. The molecule has 0 N–H and O–H groups in total. The van der Waals surface area contributed by atoms with E-state index < -0.39 is 0 Å². The first-order valence-corrected chi connectivity index (χ1v) is 10.4. The van der Waals surface area contributed by atoms with Gasteiger partial charge in [-0.1, -0.05) is 17.7 Å². The van der Waals surface area contributed by atoms with Crippen molar-refractivity contribution in [3.63, 3.8) is 0 Å². The number of piperazine rings is 1. The van der Waals surface area contributed by atoms with E-state index in [0.717, 1.165) is 45.7 Å². The van der Waals surface area contributed by atoms with Gasteiger partial charge in [0.1, 0.15) is 0 Å². The van der Waals surface area contributed by atoms with Crippen LogP contribution in [0, 0.1) is 13.8 Å². The molecule has 0 spiro atoms. The molecule has 1 aromatic carbocycles. The Balaban J connectivity index is 1.30. The van der Waals surface area contributed by atoms with Crippen LogP contribution in [0.15, 0.2) is 29.6 Å². The molecule has 2 aromatic rings. The number of nitrogens with zero attached hydrogens (tertiary/aromatic N) is 3. The van der Waals surface area contributed by atoms with Crippen molar-refractivity contribution in [2.45, 2.75) is 26.8 Å². The van der Waals surface area contributed by atoms with Gasteiger partial charge in [0, 0.05) is 49.8 Å². The molecule has 0 unspecified atom stereocenters. The number of thiophene rings is 1. The molecule has 5 heteroatoms. The highest BCUT2D eigenvalue weighted by Gasteiger charge is 2.25. The lowest BCUT2D eigenvalue weighted by molar-refractivity contribution is -0.133. The number of benzene rings is 1. The summed E-state index contributed by atoms with van der Waals surface area (Å²) in [6.45, 7) is 10.4. The van der Waals surface area contributed by atoms with Crippen LogP contribution in [0.2, 0.25) is 0 Å². The highest BCUT2D eigenvalue weighted by atomic mass is 32.1. The number of carbonyl (C=O) groups is 1. The first-order chi connectivity index (χ1) is 12.6. The number of rotatable bonds is 3. The van der Waals surface area contributed by atoms with E-state index >= 15 is 0 Å². The fourth-order valence-electron chi connectivity index (χ4n) is 4.06. The van der Waals surface area contributed by atoms with Crippen LogP contribution in [-0.4, -0.2) is 55.0 Å². The molecule has 1 saturated heterocycles. The van der Waals surface area contributed by atoms with Gasteiger partial charge in [-0.3, -0.25) is 9.69 Å². The summed E-state index contributed by atoms with van der Waals surface area (Å²) >= 11 is 1.82. The number of anilines is 1. The van der Waals surface area contributed by atoms with Gasteiger partial charge in [0.2, 0.25) is 5.91 Å². The molecule has 1 fully saturated rings. The van der Waals surface area contributed by atoms with Gasteiger partial charge in [-0.2, -0.15) is 0 Å². The molecular weight excluding hydrogens is 342 g/mol. The van der Waals surface area contributed by atoms with E-state index in [0.29, 0.717) is 6.54 Å². The molecule has 0 atom stereocenters. The molecule has 1 amide bonds. The van der Waals surface area contributed by atoms with E-state index in [1.165, 1.54) is 27.3 Å². The fourth-order valence-corrected chi connectivity index (χ4v) is 4.95. The van der Waals surface area contributed by atoms with E-state index in [1.807, 2.05) is 16.2 Å². The van der Waals surface area contributed by atoms with Gasteiger partial charge < -0.3 is 9.80 Å². The lowest BCUT2D eigenvalue weighted by atomic mass is 10.1. The molecule has 0 radical (unpaired) electrons. The predicted octanol–water partition coefficient (Wildman–Crippen LogP) is 3.07. The van der Waals surface area contributed by atoms with Gasteiger partial charge in [-0.25, -0.2) is 0 Å². The number of amides is 1. The van der Waals surface area contributed by atoms with Crippen LogP contribution in [0.1, 0.15) is 21.6 Å². The molecular formula is C21H27N3OS. The van der Waals surface area contributed by atoms with Crippen molar-refractivity contribution < 1.29 is 4.79 Å². The van der Waals surface area contributed by atoms with Crippen LogP contribution >= 0.6 is 11.3 Å². The summed E-state index contributed by atoms with van der Waals surface area (Å²) in [5.74, 6) is 0.279. The third kappa shape index (κ3) is 3.64. The van der Waals surface area contributed by atoms with E-state index in [1.54, 1.807) is 0 Å². The molecule has 138 valence electrons. The summed E-state index contributed by atoms with van der Waals surface area (Å²) in [7, 11) is 0. The predicted molar refractivity (Wildman–Crippen MR) is 108 cm³/mol. The Kier molecular flexibility index (Phi) is 5.00. The van der Waals surface area contributed by atoms with Crippen LogP contribution in [0.5, 0.6) is 0 Å². The normalized spacial score (nSPS) is 18.1. The van der Waals surface area contributed by atoms with Crippen molar-refractivity contribution in [2.75, 3.05) is 44.2 Å². The molecule has 1 aromatic heterocycles. The number of hydrogen-bond donors (Lipinski definition) is 0. The molecule has 4 rings (SSSR count). The summed E-state index contributed by atoms with van der Waals surface area (Å²) in [5, 5.41) is 2.14. The topological polar surface area (TPSA) is 26.8 Å². The monoisotopic (exact) mass is 369 g/mol. The number of hydrogen-bond acceptors (Lipinski definition) is 4. The Morgan fingerprint density at radius 2 is 1.88 bits per heavy atom. The van der Waals surface area contributed by atoms with Gasteiger partial charge in [-0.15, -0.1) is 11.3 Å². The van der Waals surface area contributed by atoms with Crippen molar-refractivity contribution in [3.8, 4) is 0 Å². The van der Waals surface area contributed by atoms with Crippen LogP contribution in [-0.2, 0) is 17.8 Å². The van der Waals surface area contributed by atoms with E-state index in [4.69, 9.17) is 0 Å². The van der Waals surface area contributed by atoms with Gasteiger partial charge in [0.25, 0.3) is 0 Å². The molecule has 2 aliphatic heterocycles. The Morgan fingerprint density at radius 1 is 1.08 bits per heavy atom. The highest BCUT2D eigenvalue weighted by molar-refractivity contribution is 7.10. The minimum Gasteiger partial charge on any atom is -0.369 e. The third-order valence-electron chi connectivity index (χ3n) is 5.58. The molecule has 3 heterocycles. The molecule has 0 bridgehead atoms. The summed E-state index contributed by atoms with van der Waals surface area (Å²) in [5.41, 5.74) is 5.33. The molecule has 0 saturated carbocycles. The van der Waals surface area contributed by atoms with Crippen LogP contribution in [0.4, 0.5) is 5.69 Å². The zero-order chi connectivity index (χ0) is 18.1. The number of carbonyl (C=O) groups excluding carboxylic acids is 1. The second-order valence-electron chi connectivity index (χ2n) is 7.49. The Morgan fingerprint density at radius 3 is 2.65 bits per heavy atom. The maximum Gasteiger partial charge on any atom is 0.237 e. The fraction of sp³-hybridized carbons (Fsp3) is 0.476. The van der Waals surface area contributed by atoms with Crippen LogP contribution < -0.4 is 4.90 Å². The van der Waals surface area contributed by atoms with Crippen molar-refractivity contribution in [3.05, 3.63) is 51.2 Å². The van der Waals surface area contributed by atoms with Crippen molar-refractivity contribution in [1.29, 1.82) is 0 Å². The lowest BCUT2D eigenvalue weighted by Gasteiger charge is -2.37. The van der Waals surface area contributed by atoms with E-state index in [9.17, 15) is 4.79 Å². The maximum absolute atomic E-state index is 12.7. The largest absolute Gasteiger partial charge is 0.369 e. The highest BCUT2D eigenvalue weighted by Crippen LogP contribution is 2.25. The number of fused-ring (bicyclic) bond motifs is 1. The standard InChI is InChI=1S/C21H27N3OS/c1-16-3-4-19(17(2)13-16)23-10-8-22(9-11-23)15-21(25)24-7-5-20-18(14-24)6-12-26-20/h3-4,6,12-13H,5,7-11,14-15H2,1-2H3. The summed E-state index contributed by atoms with van der Waals surface area (Å²) in [4.78, 5) is 21.0. The number of aryl methyl sites for hydroxylation is 2. The SMILES string of the molecule is Cc1ccc(N2CCN(CC(=O)N3CCc4sccc4C3)CC2)c(C)c1. The third-order valence-corrected chi connectivity index (χ3v) is 6.61.